The van der Waals surface area contributed by atoms with Crippen LogP contribution in [0.25, 0.3) is 0 Å². The van der Waals surface area contributed by atoms with Gasteiger partial charge in [0.1, 0.15) is 12.2 Å². The summed E-state index contributed by atoms with van der Waals surface area (Å²) in [7, 11) is 2.93. The summed E-state index contributed by atoms with van der Waals surface area (Å²) in [6.07, 6.45) is -1.54. The van der Waals surface area contributed by atoms with Crippen LogP contribution in [0.15, 0.2) is 0 Å². The zero-order valence-corrected chi connectivity index (χ0v) is 12.7. The SMILES string of the molecule is COCC(O)COCC(CO)(CO)COCC(O)COC. The molecule has 8 nitrogen and oxygen atoms in total. The molecule has 0 amide bonds. The molecule has 0 aromatic carbocycles. The Balaban J connectivity index is 4.10. The summed E-state index contributed by atoms with van der Waals surface area (Å²) in [6.45, 7) is -0.309. The molecule has 0 spiro atoms. The molecule has 2 atom stereocenters. The Morgan fingerprint density at radius 2 is 1.14 bits per heavy atom. The number of aliphatic hydroxyl groups is 4. The molecular formula is C13H28O8. The standard InChI is InChI=1S/C13H28O8/c1-18-3-11(16)5-20-9-13(7-14,8-15)10-21-6-12(17)4-19-2/h11-12,14-17H,3-10H2,1-2H3. The Bertz CT molecular complexity index is 214. The van der Waals surface area contributed by atoms with Crippen LogP contribution in [-0.2, 0) is 18.9 Å². The molecule has 0 saturated heterocycles. The lowest BCUT2D eigenvalue weighted by atomic mass is 9.92. The van der Waals surface area contributed by atoms with Crippen LogP contribution in [0.3, 0.4) is 0 Å². The summed E-state index contributed by atoms with van der Waals surface area (Å²) in [5, 5.41) is 37.7. The van der Waals surface area contributed by atoms with Gasteiger partial charge < -0.3 is 39.4 Å². The first-order valence-corrected chi connectivity index (χ1v) is 6.74. The van der Waals surface area contributed by atoms with Crippen molar-refractivity contribution in [3.63, 3.8) is 0 Å². The van der Waals surface area contributed by atoms with Crippen molar-refractivity contribution in [2.24, 2.45) is 5.41 Å². The minimum atomic E-state index is -0.987. The van der Waals surface area contributed by atoms with Crippen LogP contribution in [0.4, 0.5) is 0 Å². The first-order valence-electron chi connectivity index (χ1n) is 6.74. The monoisotopic (exact) mass is 312 g/mol. The third-order valence-electron chi connectivity index (χ3n) is 2.83. The van der Waals surface area contributed by atoms with Crippen molar-refractivity contribution < 1.29 is 39.4 Å². The molecule has 0 aromatic heterocycles. The Kier molecular flexibility index (Phi) is 12.1. The van der Waals surface area contributed by atoms with E-state index in [0.717, 1.165) is 0 Å². The van der Waals surface area contributed by atoms with Gasteiger partial charge in [0.2, 0.25) is 0 Å². The molecule has 128 valence electrons. The maximum absolute atomic E-state index is 9.45. The normalized spacial score (nSPS) is 15.1. The number of aliphatic hydroxyl groups excluding tert-OH is 4. The zero-order chi connectivity index (χ0) is 16.1. The Morgan fingerprint density at radius 1 is 0.762 bits per heavy atom. The Hall–Kier alpha value is -0.320. The topological polar surface area (TPSA) is 118 Å². The van der Waals surface area contributed by atoms with Crippen molar-refractivity contribution in [1.29, 1.82) is 0 Å². The van der Waals surface area contributed by atoms with E-state index in [1.807, 2.05) is 0 Å². The minimum absolute atomic E-state index is 0.0150. The molecule has 0 aliphatic heterocycles. The lowest BCUT2D eigenvalue weighted by Crippen LogP contribution is -2.41. The molecule has 0 rings (SSSR count). The van der Waals surface area contributed by atoms with Crippen LogP contribution >= 0.6 is 0 Å². The van der Waals surface area contributed by atoms with E-state index in [1.54, 1.807) is 0 Å². The lowest BCUT2D eigenvalue weighted by Gasteiger charge is -2.30. The molecule has 0 radical (unpaired) electrons. The fourth-order valence-corrected chi connectivity index (χ4v) is 1.58. The van der Waals surface area contributed by atoms with Crippen molar-refractivity contribution in [3.8, 4) is 0 Å². The molecule has 0 fully saturated rings. The van der Waals surface area contributed by atoms with Crippen molar-refractivity contribution >= 4 is 0 Å². The summed E-state index contributed by atoms with van der Waals surface area (Å²) < 4.78 is 20.1. The number of methoxy groups -OCH3 is 2. The van der Waals surface area contributed by atoms with Gasteiger partial charge in [-0.3, -0.25) is 0 Å². The van der Waals surface area contributed by atoms with Crippen LogP contribution in [-0.4, -0.2) is 99.7 Å². The molecule has 0 heterocycles. The van der Waals surface area contributed by atoms with E-state index in [1.165, 1.54) is 14.2 Å². The van der Waals surface area contributed by atoms with E-state index in [0.29, 0.717) is 0 Å². The maximum atomic E-state index is 9.45. The second-order valence-corrected chi connectivity index (χ2v) is 5.06. The van der Waals surface area contributed by atoms with E-state index >= 15 is 0 Å². The first-order chi connectivity index (χ1) is 10.0. The maximum Gasteiger partial charge on any atom is 0.101 e. The van der Waals surface area contributed by atoms with Crippen molar-refractivity contribution in [1.82, 2.24) is 0 Å². The minimum Gasteiger partial charge on any atom is -0.396 e. The average molecular weight is 312 g/mol. The molecule has 0 aromatic rings. The molecule has 0 aliphatic carbocycles. The van der Waals surface area contributed by atoms with Gasteiger partial charge in [0.15, 0.2) is 0 Å². The lowest BCUT2D eigenvalue weighted by molar-refractivity contribution is -0.105. The van der Waals surface area contributed by atoms with Crippen molar-refractivity contribution in [2.45, 2.75) is 12.2 Å². The summed E-state index contributed by atoms with van der Waals surface area (Å²) in [5.41, 5.74) is -0.987. The molecule has 4 N–H and O–H groups in total. The van der Waals surface area contributed by atoms with Gasteiger partial charge in [-0.25, -0.2) is 0 Å². The third-order valence-corrected chi connectivity index (χ3v) is 2.83. The number of ether oxygens (including phenoxy) is 4. The summed E-state index contributed by atoms with van der Waals surface area (Å²) in [5.74, 6) is 0. The van der Waals surface area contributed by atoms with Gasteiger partial charge in [-0.1, -0.05) is 0 Å². The highest BCUT2D eigenvalue weighted by atomic mass is 16.5. The van der Waals surface area contributed by atoms with Crippen LogP contribution < -0.4 is 0 Å². The van der Waals surface area contributed by atoms with Crippen LogP contribution in [0.1, 0.15) is 0 Å². The summed E-state index contributed by atoms with van der Waals surface area (Å²) in [4.78, 5) is 0. The average Bonchev–Trinajstić information content (AvgIpc) is 2.46. The van der Waals surface area contributed by atoms with Gasteiger partial charge in [-0.05, 0) is 0 Å². The molecular weight excluding hydrogens is 284 g/mol. The van der Waals surface area contributed by atoms with Gasteiger partial charge in [0.25, 0.3) is 0 Å². The molecule has 0 saturated carbocycles. The molecule has 0 bridgehead atoms. The molecule has 0 aliphatic rings. The Morgan fingerprint density at radius 3 is 1.43 bits per heavy atom. The Labute approximate surface area is 125 Å². The van der Waals surface area contributed by atoms with Crippen molar-refractivity contribution in [2.75, 3.05) is 67.1 Å². The van der Waals surface area contributed by atoms with Gasteiger partial charge in [-0.2, -0.15) is 0 Å². The zero-order valence-electron chi connectivity index (χ0n) is 12.7. The smallest absolute Gasteiger partial charge is 0.101 e. The van der Waals surface area contributed by atoms with Crippen molar-refractivity contribution in [3.05, 3.63) is 0 Å². The first kappa shape index (κ1) is 20.7. The van der Waals surface area contributed by atoms with E-state index in [-0.39, 0.29) is 52.9 Å². The second kappa shape index (κ2) is 12.2. The highest BCUT2D eigenvalue weighted by Crippen LogP contribution is 2.17. The molecule has 8 heteroatoms. The van der Waals surface area contributed by atoms with Crippen LogP contribution in [0, 0.1) is 5.41 Å². The number of hydrogen-bond acceptors (Lipinski definition) is 8. The van der Waals surface area contributed by atoms with Gasteiger partial charge in [0, 0.05) is 14.2 Å². The van der Waals surface area contributed by atoms with Gasteiger partial charge in [-0.15, -0.1) is 0 Å². The van der Waals surface area contributed by atoms with Gasteiger partial charge >= 0.3 is 0 Å². The third kappa shape index (κ3) is 9.33. The van der Waals surface area contributed by atoms with E-state index in [9.17, 15) is 20.4 Å². The molecule has 2 unspecified atom stereocenters. The second-order valence-electron chi connectivity index (χ2n) is 5.06. The highest BCUT2D eigenvalue weighted by molar-refractivity contribution is 4.78. The molecule has 21 heavy (non-hydrogen) atoms. The predicted octanol–water partition coefficient (Wildman–Crippen LogP) is -1.99. The fourth-order valence-electron chi connectivity index (χ4n) is 1.58. The van der Waals surface area contributed by atoms with E-state index in [2.05, 4.69) is 0 Å². The fraction of sp³-hybridized carbons (Fsp3) is 1.00. The summed E-state index contributed by atoms with van der Waals surface area (Å²) >= 11 is 0. The largest absolute Gasteiger partial charge is 0.396 e. The predicted molar refractivity (Wildman–Crippen MR) is 74.0 cm³/mol. The van der Waals surface area contributed by atoms with Crippen LogP contribution in [0.2, 0.25) is 0 Å². The summed E-state index contributed by atoms with van der Waals surface area (Å²) in [6, 6.07) is 0. The van der Waals surface area contributed by atoms with Crippen LogP contribution in [0.5, 0.6) is 0 Å². The number of hydrogen-bond donors (Lipinski definition) is 4. The van der Waals surface area contributed by atoms with E-state index < -0.39 is 17.6 Å². The number of rotatable bonds is 14. The van der Waals surface area contributed by atoms with E-state index in [4.69, 9.17) is 18.9 Å². The van der Waals surface area contributed by atoms with Gasteiger partial charge in [0.05, 0.1) is 58.3 Å². The highest BCUT2D eigenvalue weighted by Gasteiger charge is 2.30. The quantitative estimate of drug-likeness (QED) is 0.291.